The van der Waals surface area contributed by atoms with Crippen molar-refractivity contribution >= 4 is 10.9 Å². The van der Waals surface area contributed by atoms with Gasteiger partial charge in [0.1, 0.15) is 0 Å². The zero-order chi connectivity index (χ0) is 12.7. The number of fused-ring (bicyclic) bond motifs is 1. The van der Waals surface area contributed by atoms with Crippen LogP contribution in [0, 0.1) is 17.8 Å². The van der Waals surface area contributed by atoms with Gasteiger partial charge in [-0.15, -0.1) is 0 Å². The largest absolute Gasteiger partial charge is 0.361 e. The maximum absolute atomic E-state index is 3.71. The lowest BCUT2D eigenvalue weighted by Crippen LogP contribution is -2.25. The van der Waals surface area contributed by atoms with Crippen LogP contribution in [0.4, 0.5) is 0 Å². The fourth-order valence-corrected chi connectivity index (χ4v) is 3.44. The van der Waals surface area contributed by atoms with Crippen molar-refractivity contribution in [2.45, 2.75) is 32.2 Å². The number of hydrogen-bond donors (Lipinski definition) is 2. The molecule has 2 aliphatic rings. The molecule has 2 saturated carbocycles. The normalized spacial score (nSPS) is 19.4. The number of aromatic nitrogens is 1. The van der Waals surface area contributed by atoms with Crippen LogP contribution in [0.3, 0.4) is 0 Å². The highest BCUT2D eigenvalue weighted by molar-refractivity contribution is 5.82. The molecule has 1 aromatic heterocycles. The fraction of sp³-hybridized carbons (Fsp3) is 0.529. The predicted molar refractivity (Wildman–Crippen MR) is 78.9 cm³/mol. The number of H-pyrrole nitrogens is 1. The second-order valence-electron chi connectivity index (χ2n) is 6.33. The molecule has 0 bridgehead atoms. The highest BCUT2D eigenvalue weighted by atomic mass is 14.9. The van der Waals surface area contributed by atoms with Crippen molar-refractivity contribution in [2.24, 2.45) is 17.8 Å². The minimum Gasteiger partial charge on any atom is -0.361 e. The van der Waals surface area contributed by atoms with E-state index in [-0.39, 0.29) is 0 Å². The van der Waals surface area contributed by atoms with Gasteiger partial charge in [0.15, 0.2) is 0 Å². The van der Waals surface area contributed by atoms with E-state index in [1.54, 1.807) is 0 Å². The van der Waals surface area contributed by atoms with Crippen molar-refractivity contribution in [3.63, 3.8) is 0 Å². The number of aromatic amines is 1. The first-order chi connectivity index (χ1) is 9.42. The van der Waals surface area contributed by atoms with Gasteiger partial charge in [-0.05, 0) is 67.0 Å². The van der Waals surface area contributed by atoms with E-state index in [4.69, 9.17) is 0 Å². The standard InChI is InChI=1S/C17H22N2/c1-2-14-8-9-19-17(14)15(3-1)10-18-11-16(12-4-5-12)13-6-7-13/h1-3,8-9,12-13,16,18-19H,4-7,10-11H2. The van der Waals surface area contributed by atoms with E-state index in [0.29, 0.717) is 0 Å². The zero-order valence-corrected chi connectivity index (χ0v) is 11.4. The molecule has 2 aromatic rings. The smallest absolute Gasteiger partial charge is 0.0499 e. The molecular formula is C17H22N2. The Balaban J connectivity index is 1.40. The van der Waals surface area contributed by atoms with Crippen LogP contribution >= 0.6 is 0 Å². The summed E-state index contributed by atoms with van der Waals surface area (Å²) < 4.78 is 0. The van der Waals surface area contributed by atoms with E-state index in [1.165, 1.54) is 48.7 Å². The molecular weight excluding hydrogens is 232 g/mol. The van der Waals surface area contributed by atoms with Crippen LogP contribution in [0.25, 0.3) is 10.9 Å². The number of para-hydroxylation sites is 1. The van der Waals surface area contributed by atoms with Crippen LogP contribution in [0.2, 0.25) is 0 Å². The third-order valence-corrected chi connectivity index (χ3v) is 4.82. The molecule has 2 N–H and O–H groups in total. The number of nitrogens with one attached hydrogen (secondary N) is 2. The van der Waals surface area contributed by atoms with Crippen molar-refractivity contribution in [3.05, 3.63) is 36.0 Å². The van der Waals surface area contributed by atoms with Crippen molar-refractivity contribution in [2.75, 3.05) is 6.54 Å². The summed E-state index contributed by atoms with van der Waals surface area (Å²) in [7, 11) is 0. The van der Waals surface area contributed by atoms with Gasteiger partial charge in [-0.1, -0.05) is 18.2 Å². The molecule has 2 fully saturated rings. The number of rotatable bonds is 6. The van der Waals surface area contributed by atoms with Crippen LogP contribution in [-0.4, -0.2) is 11.5 Å². The molecule has 0 saturated heterocycles. The molecule has 1 heterocycles. The summed E-state index contributed by atoms with van der Waals surface area (Å²) in [6.07, 6.45) is 7.96. The van der Waals surface area contributed by atoms with E-state index >= 15 is 0 Å². The number of hydrogen-bond acceptors (Lipinski definition) is 1. The van der Waals surface area contributed by atoms with Crippen molar-refractivity contribution in [1.29, 1.82) is 0 Å². The van der Waals surface area contributed by atoms with E-state index in [0.717, 1.165) is 24.3 Å². The summed E-state index contributed by atoms with van der Waals surface area (Å²) in [5, 5.41) is 5.03. The molecule has 0 spiro atoms. The maximum atomic E-state index is 3.71. The Hall–Kier alpha value is -1.28. The average molecular weight is 254 g/mol. The first kappa shape index (κ1) is 11.5. The molecule has 4 rings (SSSR count). The monoisotopic (exact) mass is 254 g/mol. The molecule has 2 nitrogen and oxygen atoms in total. The Morgan fingerprint density at radius 1 is 1.11 bits per heavy atom. The molecule has 100 valence electrons. The third-order valence-electron chi connectivity index (χ3n) is 4.82. The molecule has 0 aliphatic heterocycles. The summed E-state index contributed by atoms with van der Waals surface area (Å²) in [5.74, 6) is 3.05. The molecule has 2 aliphatic carbocycles. The number of benzene rings is 1. The van der Waals surface area contributed by atoms with Crippen molar-refractivity contribution in [3.8, 4) is 0 Å². The van der Waals surface area contributed by atoms with Gasteiger partial charge in [0.25, 0.3) is 0 Å². The topological polar surface area (TPSA) is 27.8 Å². The molecule has 2 heteroatoms. The predicted octanol–water partition coefficient (Wildman–Crippen LogP) is 3.69. The quantitative estimate of drug-likeness (QED) is 0.808. The SMILES string of the molecule is c1cc(CNCC(C2CC2)C2CC2)c2[nH]ccc2c1. The van der Waals surface area contributed by atoms with E-state index in [1.807, 2.05) is 6.20 Å². The van der Waals surface area contributed by atoms with Gasteiger partial charge in [-0.25, -0.2) is 0 Å². The van der Waals surface area contributed by atoms with Gasteiger partial charge in [-0.2, -0.15) is 0 Å². The second-order valence-corrected chi connectivity index (χ2v) is 6.33. The van der Waals surface area contributed by atoms with Gasteiger partial charge in [0, 0.05) is 18.3 Å². The molecule has 0 radical (unpaired) electrons. The minimum atomic E-state index is 0.961. The first-order valence-electron chi connectivity index (χ1n) is 7.67. The summed E-state index contributed by atoms with van der Waals surface area (Å²) in [6, 6.07) is 8.71. The second kappa shape index (κ2) is 4.68. The zero-order valence-electron chi connectivity index (χ0n) is 11.4. The highest BCUT2D eigenvalue weighted by Crippen LogP contribution is 2.48. The van der Waals surface area contributed by atoms with E-state index in [2.05, 4.69) is 34.6 Å². The highest BCUT2D eigenvalue weighted by Gasteiger charge is 2.40. The van der Waals surface area contributed by atoms with Crippen LogP contribution < -0.4 is 5.32 Å². The van der Waals surface area contributed by atoms with Crippen LogP contribution in [0.15, 0.2) is 30.5 Å². The first-order valence-corrected chi connectivity index (χ1v) is 7.67. The summed E-state index contributed by atoms with van der Waals surface area (Å²) in [6.45, 7) is 2.21. The Morgan fingerprint density at radius 2 is 1.89 bits per heavy atom. The lowest BCUT2D eigenvalue weighted by atomic mass is 9.98. The Labute approximate surface area is 114 Å². The van der Waals surface area contributed by atoms with Crippen LogP contribution in [-0.2, 0) is 6.54 Å². The lowest BCUT2D eigenvalue weighted by molar-refractivity contribution is 0.379. The Kier molecular flexibility index (Phi) is 2.84. The van der Waals surface area contributed by atoms with Gasteiger partial charge in [-0.3, -0.25) is 0 Å². The maximum Gasteiger partial charge on any atom is 0.0499 e. The van der Waals surface area contributed by atoms with Crippen LogP contribution in [0.5, 0.6) is 0 Å². The Morgan fingerprint density at radius 3 is 2.63 bits per heavy atom. The van der Waals surface area contributed by atoms with Gasteiger partial charge in [0.05, 0.1) is 0 Å². The lowest BCUT2D eigenvalue weighted by Gasteiger charge is -2.16. The van der Waals surface area contributed by atoms with Gasteiger partial charge < -0.3 is 10.3 Å². The Bertz CT molecular complexity index is 551. The van der Waals surface area contributed by atoms with Crippen molar-refractivity contribution < 1.29 is 0 Å². The minimum absolute atomic E-state index is 0.961. The molecule has 1 aromatic carbocycles. The molecule has 0 atom stereocenters. The third kappa shape index (κ3) is 2.42. The fourth-order valence-electron chi connectivity index (χ4n) is 3.44. The molecule has 0 amide bonds. The summed E-state index contributed by atoms with van der Waals surface area (Å²) >= 11 is 0. The van der Waals surface area contributed by atoms with E-state index < -0.39 is 0 Å². The molecule has 19 heavy (non-hydrogen) atoms. The summed E-state index contributed by atoms with van der Waals surface area (Å²) in [4.78, 5) is 3.36. The van der Waals surface area contributed by atoms with Gasteiger partial charge in [0.2, 0.25) is 0 Å². The summed E-state index contributed by atoms with van der Waals surface area (Å²) in [5.41, 5.74) is 2.69. The van der Waals surface area contributed by atoms with Crippen LogP contribution in [0.1, 0.15) is 31.2 Å². The van der Waals surface area contributed by atoms with Crippen molar-refractivity contribution in [1.82, 2.24) is 10.3 Å². The average Bonchev–Trinajstić information content (AvgIpc) is 3.34. The van der Waals surface area contributed by atoms with E-state index in [9.17, 15) is 0 Å². The molecule has 0 unspecified atom stereocenters. The van der Waals surface area contributed by atoms with Gasteiger partial charge >= 0.3 is 0 Å².